The van der Waals surface area contributed by atoms with Crippen LogP contribution in [0.4, 0.5) is 0 Å². The van der Waals surface area contributed by atoms with Crippen molar-refractivity contribution in [1.29, 1.82) is 0 Å². The highest BCUT2D eigenvalue weighted by Gasteiger charge is 2.44. The Morgan fingerprint density at radius 3 is 1.51 bits per heavy atom. The highest BCUT2D eigenvalue weighted by atomic mass is 16.7. The summed E-state index contributed by atoms with van der Waals surface area (Å²) in [6, 6.07) is 0. The molecule has 1 aliphatic heterocycles. The summed E-state index contributed by atoms with van der Waals surface area (Å²) in [5.41, 5.74) is 0. The summed E-state index contributed by atoms with van der Waals surface area (Å²) in [7, 11) is 0. The molecule has 55 heavy (non-hydrogen) atoms. The van der Waals surface area contributed by atoms with Crippen molar-refractivity contribution in [2.24, 2.45) is 0 Å². The van der Waals surface area contributed by atoms with Crippen molar-refractivity contribution in [3.8, 4) is 0 Å². The highest BCUT2D eigenvalue weighted by molar-refractivity contribution is 5.70. The molecule has 1 saturated heterocycles. The fourth-order valence-corrected chi connectivity index (χ4v) is 6.19. The number of hydrogen-bond donors (Lipinski definition) is 4. The van der Waals surface area contributed by atoms with Crippen LogP contribution < -0.4 is 0 Å². The van der Waals surface area contributed by atoms with Gasteiger partial charge in [0.05, 0.1) is 13.2 Å². The van der Waals surface area contributed by atoms with Crippen molar-refractivity contribution in [3.05, 3.63) is 48.6 Å². The molecule has 0 amide bonds. The lowest BCUT2D eigenvalue weighted by molar-refractivity contribution is -0.305. The summed E-state index contributed by atoms with van der Waals surface area (Å²) in [6.45, 7) is 3.33. The Labute approximate surface area is 333 Å². The molecule has 0 radical (unpaired) electrons. The van der Waals surface area contributed by atoms with Gasteiger partial charge in [0.15, 0.2) is 12.4 Å². The van der Waals surface area contributed by atoms with Crippen LogP contribution in [0.2, 0.25) is 0 Å². The molecule has 4 N–H and O–H groups in total. The van der Waals surface area contributed by atoms with E-state index in [0.29, 0.717) is 12.8 Å². The smallest absolute Gasteiger partial charge is 0.306 e. The average Bonchev–Trinajstić information content (AvgIpc) is 3.18. The van der Waals surface area contributed by atoms with Crippen LogP contribution >= 0.6 is 0 Å². The first kappa shape index (κ1) is 50.7. The van der Waals surface area contributed by atoms with Gasteiger partial charge in [-0.3, -0.25) is 9.59 Å². The molecule has 0 aliphatic carbocycles. The van der Waals surface area contributed by atoms with E-state index in [0.717, 1.165) is 83.5 Å². The van der Waals surface area contributed by atoms with Crippen molar-refractivity contribution in [1.82, 2.24) is 0 Å². The van der Waals surface area contributed by atoms with Gasteiger partial charge in [-0.05, 0) is 77.0 Å². The second kappa shape index (κ2) is 36.0. The molecule has 0 aromatic rings. The third-order valence-corrected chi connectivity index (χ3v) is 9.69. The Hall–Kier alpha value is -2.34. The molecular weight excluding hydrogens is 700 g/mol. The number of unbranched alkanes of at least 4 members (excludes halogenated alkanes) is 16. The van der Waals surface area contributed by atoms with Gasteiger partial charge in [0.2, 0.25) is 0 Å². The molecule has 1 rings (SSSR count). The lowest BCUT2D eigenvalue weighted by Gasteiger charge is -2.39. The molecule has 10 heteroatoms. The van der Waals surface area contributed by atoms with E-state index in [2.05, 4.69) is 62.5 Å². The fourth-order valence-electron chi connectivity index (χ4n) is 6.19. The van der Waals surface area contributed by atoms with Crippen molar-refractivity contribution in [2.45, 2.75) is 205 Å². The van der Waals surface area contributed by atoms with Gasteiger partial charge in [0.25, 0.3) is 0 Å². The van der Waals surface area contributed by atoms with E-state index in [9.17, 15) is 30.0 Å². The maximum Gasteiger partial charge on any atom is 0.306 e. The Morgan fingerprint density at radius 1 is 0.564 bits per heavy atom. The SMILES string of the molecule is CCCCC/C=C\C/C=C\CCCCCCCC(=O)OCC(CO[C@@H]1O[C@H](CO)[C@H](O)[C@H](O)[C@H]1O)OC(=O)CCCCCCC/C=C\C/C=C\CCCCC. The number of allylic oxidation sites excluding steroid dienone is 8. The predicted octanol–water partition coefficient (Wildman–Crippen LogP) is 8.88. The van der Waals surface area contributed by atoms with Gasteiger partial charge < -0.3 is 39.4 Å². The molecule has 1 unspecified atom stereocenters. The van der Waals surface area contributed by atoms with E-state index in [1.807, 2.05) is 0 Å². The van der Waals surface area contributed by atoms with Crippen LogP contribution in [0, 0.1) is 0 Å². The molecular formula is C45H78O10. The highest BCUT2D eigenvalue weighted by Crippen LogP contribution is 2.22. The standard InChI is InChI=1S/C45H78O10/c1-3-5-7-9-11-13-15-17-19-21-23-25-27-29-31-33-40(47)52-36-38(37-53-45-44(51)43(50)42(49)39(35-46)55-45)54-41(48)34-32-30-28-26-24-22-20-18-16-14-12-10-8-6-4-2/h11-14,17-20,38-39,42-46,49-51H,3-10,15-16,21-37H2,1-2H3/b13-11-,14-12-,19-17-,20-18-/t38?,39-,42+,43+,44-,45-/m1/s1. The fraction of sp³-hybridized carbons (Fsp3) is 0.778. The zero-order chi connectivity index (χ0) is 40.2. The van der Waals surface area contributed by atoms with Gasteiger partial charge >= 0.3 is 11.9 Å². The van der Waals surface area contributed by atoms with Gasteiger partial charge in [-0.1, -0.05) is 127 Å². The summed E-state index contributed by atoms with van der Waals surface area (Å²) in [5.74, 6) is -0.842. The van der Waals surface area contributed by atoms with E-state index >= 15 is 0 Å². The van der Waals surface area contributed by atoms with E-state index in [1.165, 1.54) is 44.9 Å². The van der Waals surface area contributed by atoms with Crippen molar-refractivity contribution < 1.29 is 49.0 Å². The first-order chi connectivity index (χ1) is 26.8. The monoisotopic (exact) mass is 779 g/mol. The van der Waals surface area contributed by atoms with E-state index in [-0.39, 0.29) is 26.1 Å². The molecule has 0 spiro atoms. The molecule has 0 aromatic heterocycles. The molecule has 1 aliphatic rings. The lowest BCUT2D eigenvalue weighted by Crippen LogP contribution is -2.59. The van der Waals surface area contributed by atoms with Crippen LogP contribution in [0.15, 0.2) is 48.6 Å². The van der Waals surface area contributed by atoms with Crippen LogP contribution in [0.3, 0.4) is 0 Å². The predicted molar refractivity (Wildman–Crippen MR) is 219 cm³/mol. The maximum atomic E-state index is 12.7. The third kappa shape index (κ3) is 27.8. The Bertz CT molecular complexity index is 1040. The third-order valence-electron chi connectivity index (χ3n) is 9.69. The zero-order valence-electron chi connectivity index (χ0n) is 34.4. The molecule has 0 bridgehead atoms. The van der Waals surface area contributed by atoms with E-state index in [1.54, 1.807) is 0 Å². The first-order valence-corrected chi connectivity index (χ1v) is 21.7. The van der Waals surface area contributed by atoms with Gasteiger partial charge in [0.1, 0.15) is 31.0 Å². The minimum absolute atomic E-state index is 0.209. The molecule has 6 atom stereocenters. The van der Waals surface area contributed by atoms with Crippen LogP contribution in [0.1, 0.15) is 168 Å². The summed E-state index contributed by atoms with van der Waals surface area (Å²) < 4.78 is 22.1. The first-order valence-electron chi connectivity index (χ1n) is 21.7. The summed E-state index contributed by atoms with van der Waals surface area (Å²) in [5, 5.41) is 40.0. The number of esters is 2. The number of aliphatic hydroxyl groups is 4. The zero-order valence-corrected chi connectivity index (χ0v) is 34.4. The number of ether oxygens (including phenoxy) is 4. The van der Waals surface area contributed by atoms with Gasteiger partial charge in [-0.15, -0.1) is 0 Å². The maximum absolute atomic E-state index is 12.7. The Morgan fingerprint density at radius 2 is 1.02 bits per heavy atom. The van der Waals surface area contributed by atoms with Crippen LogP contribution in [0.5, 0.6) is 0 Å². The second-order valence-electron chi connectivity index (χ2n) is 14.8. The topological polar surface area (TPSA) is 152 Å². The van der Waals surface area contributed by atoms with Crippen LogP contribution in [-0.2, 0) is 28.5 Å². The van der Waals surface area contributed by atoms with Crippen molar-refractivity contribution in [2.75, 3.05) is 19.8 Å². The van der Waals surface area contributed by atoms with Gasteiger partial charge in [0, 0.05) is 12.8 Å². The van der Waals surface area contributed by atoms with Gasteiger partial charge in [-0.2, -0.15) is 0 Å². The van der Waals surface area contributed by atoms with Gasteiger partial charge in [-0.25, -0.2) is 0 Å². The largest absolute Gasteiger partial charge is 0.462 e. The molecule has 10 nitrogen and oxygen atoms in total. The summed E-state index contributed by atoms with van der Waals surface area (Å²) in [6.07, 6.45) is 33.9. The Balaban J connectivity index is 2.38. The Kier molecular flexibility index (Phi) is 33.2. The quantitative estimate of drug-likeness (QED) is 0.0279. The normalized spacial score (nSPS) is 21.0. The van der Waals surface area contributed by atoms with Crippen LogP contribution in [0.25, 0.3) is 0 Å². The second-order valence-corrected chi connectivity index (χ2v) is 14.8. The summed E-state index contributed by atoms with van der Waals surface area (Å²) >= 11 is 0. The average molecular weight is 779 g/mol. The molecule has 0 aromatic carbocycles. The summed E-state index contributed by atoms with van der Waals surface area (Å²) in [4.78, 5) is 25.3. The number of rotatable bonds is 35. The minimum Gasteiger partial charge on any atom is -0.462 e. The lowest BCUT2D eigenvalue weighted by atomic mass is 9.99. The number of carbonyl (C=O) groups excluding carboxylic acids is 2. The van der Waals surface area contributed by atoms with Crippen molar-refractivity contribution >= 4 is 11.9 Å². The van der Waals surface area contributed by atoms with Crippen LogP contribution in [-0.4, -0.2) is 89.0 Å². The van der Waals surface area contributed by atoms with E-state index in [4.69, 9.17) is 18.9 Å². The number of aliphatic hydroxyl groups excluding tert-OH is 4. The molecule has 0 saturated carbocycles. The number of hydrogen-bond acceptors (Lipinski definition) is 10. The minimum atomic E-state index is -1.60. The number of carbonyl (C=O) groups is 2. The van der Waals surface area contributed by atoms with Crippen molar-refractivity contribution in [3.63, 3.8) is 0 Å². The molecule has 318 valence electrons. The molecule has 1 heterocycles. The van der Waals surface area contributed by atoms with E-state index < -0.39 is 55.4 Å². The molecule has 1 fully saturated rings.